The quantitative estimate of drug-likeness (QED) is 0.393. The van der Waals surface area contributed by atoms with Crippen molar-refractivity contribution >= 4 is 35.1 Å². The Balaban J connectivity index is 1.46. The molecule has 3 aromatic rings. The van der Waals surface area contributed by atoms with Gasteiger partial charge in [0.1, 0.15) is 29.5 Å². The van der Waals surface area contributed by atoms with E-state index >= 15 is 0 Å². The molecule has 36 heavy (non-hydrogen) atoms. The molecule has 1 heterocycles. The summed E-state index contributed by atoms with van der Waals surface area (Å²) in [4.78, 5) is 25.6. The minimum absolute atomic E-state index is 0.0189. The van der Waals surface area contributed by atoms with Gasteiger partial charge in [-0.1, -0.05) is 47.5 Å². The average Bonchev–Trinajstić information content (AvgIpc) is 3.13. The molecule has 0 spiro atoms. The zero-order chi connectivity index (χ0) is 26.0. The Labute approximate surface area is 217 Å². The molecule has 0 radical (unpaired) electrons. The first-order chi connectivity index (χ1) is 17.0. The number of carbonyl (C=O) groups is 2. The van der Waals surface area contributed by atoms with E-state index in [0.717, 1.165) is 11.1 Å². The molecule has 1 N–H and O–H groups in total. The number of carboxylic acid groups (broad SMARTS) is 1. The minimum Gasteiger partial charge on any atom is -0.487 e. The summed E-state index contributed by atoms with van der Waals surface area (Å²) in [7, 11) is 0. The maximum absolute atomic E-state index is 13.9. The average molecular weight is 534 g/mol. The molecule has 188 valence electrons. The van der Waals surface area contributed by atoms with Crippen LogP contribution in [0, 0.1) is 11.6 Å². The third kappa shape index (κ3) is 6.15. The summed E-state index contributed by atoms with van der Waals surface area (Å²) in [6, 6.07) is 14.1. The summed E-state index contributed by atoms with van der Waals surface area (Å²) < 4.78 is 33.5. The van der Waals surface area contributed by atoms with Crippen LogP contribution in [0.5, 0.6) is 5.75 Å². The SMILES string of the molecule is C[C@]1(Cc2ccc(Cl)c(F)c2)Cc2cc(CC(=O)N(CC(=O)O)Cc3ccc(F)c(Cl)c3)ccc2O1. The minimum atomic E-state index is -1.16. The van der Waals surface area contributed by atoms with Crippen LogP contribution < -0.4 is 4.74 Å². The number of nitrogens with zero attached hydrogens (tertiary/aromatic N) is 1. The van der Waals surface area contributed by atoms with Gasteiger partial charge in [-0.3, -0.25) is 9.59 Å². The van der Waals surface area contributed by atoms with Crippen molar-refractivity contribution in [3.63, 3.8) is 0 Å². The number of carbonyl (C=O) groups excluding carboxylic acids is 1. The zero-order valence-corrected chi connectivity index (χ0v) is 20.9. The van der Waals surface area contributed by atoms with Crippen molar-refractivity contribution in [2.45, 2.75) is 38.3 Å². The molecule has 9 heteroatoms. The van der Waals surface area contributed by atoms with Crippen molar-refractivity contribution in [1.82, 2.24) is 4.90 Å². The van der Waals surface area contributed by atoms with Crippen molar-refractivity contribution in [1.29, 1.82) is 0 Å². The number of halogens is 4. The molecule has 1 aliphatic rings. The summed E-state index contributed by atoms with van der Waals surface area (Å²) in [5.74, 6) is -1.94. The number of hydrogen-bond acceptors (Lipinski definition) is 3. The smallest absolute Gasteiger partial charge is 0.323 e. The Bertz CT molecular complexity index is 1330. The van der Waals surface area contributed by atoms with Gasteiger partial charge in [-0.2, -0.15) is 0 Å². The van der Waals surface area contributed by atoms with E-state index in [9.17, 15) is 23.5 Å². The molecular formula is C27H23Cl2F2NO4. The van der Waals surface area contributed by atoms with Crippen LogP contribution in [-0.4, -0.2) is 34.0 Å². The Morgan fingerprint density at radius 3 is 2.39 bits per heavy atom. The summed E-state index contributed by atoms with van der Waals surface area (Å²) >= 11 is 11.6. The van der Waals surface area contributed by atoms with Crippen LogP contribution in [0.4, 0.5) is 8.78 Å². The Hall–Kier alpha value is -3.16. The Morgan fingerprint density at radius 1 is 0.972 bits per heavy atom. The second kappa shape index (κ2) is 10.4. The summed E-state index contributed by atoms with van der Waals surface area (Å²) in [5.41, 5.74) is 2.30. The number of fused-ring (bicyclic) bond motifs is 1. The first kappa shape index (κ1) is 25.9. The fourth-order valence-corrected chi connectivity index (χ4v) is 4.73. The van der Waals surface area contributed by atoms with Crippen LogP contribution in [0.15, 0.2) is 54.6 Å². The van der Waals surface area contributed by atoms with E-state index in [1.165, 1.54) is 35.2 Å². The number of carboxylic acids is 1. The molecule has 0 saturated carbocycles. The van der Waals surface area contributed by atoms with Gasteiger partial charge in [0.25, 0.3) is 0 Å². The van der Waals surface area contributed by atoms with E-state index in [1.807, 2.05) is 13.0 Å². The van der Waals surface area contributed by atoms with Gasteiger partial charge in [0.2, 0.25) is 5.91 Å². The van der Waals surface area contributed by atoms with Crippen LogP contribution in [0.2, 0.25) is 10.0 Å². The third-order valence-electron chi connectivity index (χ3n) is 6.00. The molecule has 0 saturated heterocycles. The molecule has 1 amide bonds. The lowest BCUT2D eigenvalue weighted by Crippen LogP contribution is -2.36. The predicted molar refractivity (Wildman–Crippen MR) is 132 cm³/mol. The lowest BCUT2D eigenvalue weighted by atomic mass is 9.91. The molecule has 5 nitrogen and oxygen atoms in total. The summed E-state index contributed by atoms with van der Waals surface area (Å²) in [6.07, 6.45) is 1.01. The first-order valence-electron chi connectivity index (χ1n) is 11.2. The highest BCUT2D eigenvalue weighted by molar-refractivity contribution is 6.31. The van der Waals surface area contributed by atoms with Crippen molar-refractivity contribution in [2.75, 3.05) is 6.54 Å². The standard InChI is InChI=1S/C27H23Cl2F2NO4/c1-27(12-17-2-5-20(28)23(31)10-17)13-19-8-16(4-7-24(19)36-27)11-25(33)32(15-26(34)35)14-18-3-6-22(30)21(29)9-18/h2-10H,11-15H2,1H3,(H,34,35)/t27-/m0/s1. The molecular weight excluding hydrogens is 511 g/mol. The number of amides is 1. The van der Waals surface area contributed by atoms with Gasteiger partial charge in [-0.25, -0.2) is 8.78 Å². The fraction of sp³-hybridized carbons (Fsp3) is 0.259. The molecule has 0 fully saturated rings. The second-order valence-corrected chi connectivity index (χ2v) is 9.98. The maximum Gasteiger partial charge on any atom is 0.323 e. The van der Waals surface area contributed by atoms with Crippen LogP contribution in [-0.2, 0) is 35.4 Å². The first-order valence-corrected chi connectivity index (χ1v) is 12.0. The molecule has 0 aromatic heterocycles. The lowest BCUT2D eigenvalue weighted by molar-refractivity contribution is -0.144. The summed E-state index contributed by atoms with van der Waals surface area (Å²) in [6.45, 7) is 1.42. The number of rotatable bonds is 8. The van der Waals surface area contributed by atoms with E-state index in [4.69, 9.17) is 27.9 Å². The van der Waals surface area contributed by atoms with Gasteiger partial charge in [0.05, 0.1) is 16.5 Å². The second-order valence-electron chi connectivity index (χ2n) is 9.16. The van der Waals surface area contributed by atoms with Crippen LogP contribution in [0.3, 0.4) is 0 Å². The van der Waals surface area contributed by atoms with Crippen molar-refractivity contribution in [2.24, 2.45) is 0 Å². The molecule has 4 rings (SSSR count). The summed E-state index contributed by atoms with van der Waals surface area (Å²) in [5, 5.41) is 9.25. The van der Waals surface area contributed by atoms with Crippen molar-refractivity contribution in [3.8, 4) is 5.75 Å². The highest BCUT2D eigenvalue weighted by atomic mass is 35.5. The normalized spacial score (nSPS) is 16.4. The Morgan fingerprint density at radius 2 is 1.69 bits per heavy atom. The zero-order valence-electron chi connectivity index (χ0n) is 19.4. The Kier molecular flexibility index (Phi) is 7.52. The monoisotopic (exact) mass is 533 g/mol. The van der Waals surface area contributed by atoms with Gasteiger partial charge in [-0.05, 0) is 59.5 Å². The van der Waals surface area contributed by atoms with Gasteiger partial charge >= 0.3 is 5.97 Å². The molecule has 1 aliphatic heterocycles. The van der Waals surface area contributed by atoms with Crippen molar-refractivity contribution < 1.29 is 28.2 Å². The van der Waals surface area contributed by atoms with E-state index in [0.29, 0.717) is 29.7 Å². The highest BCUT2D eigenvalue weighted by Gasteiger charge is 2.35. The molecule has 0 aliphatic carbocycles. The van der Waals surface area contributed by atoms with Gasteiger partial charge in [0, 0.05) is 19.4 Å². The highest BCUT2D eigenvalue weighted by Crippen LogP contribution is 2.38. The van der Waals surface area contributed by atoms with Gasteiger partial charge in [-0.15, -0.1) is 0 Å². The number of ether oxygens (including phenoxy) is 1. The van der Waals surface area contributed by atoms with Crippen LogP contribution >= 0.6 is 23.2 Å². The van der Waals surface area contributed by atoms with Crippen LogP contribution in [0.1, 0.15) is 29.2 Å². The maximum atomic E-state index is 13.9. The third-order valence-corrected chi connectivity index (χ3v) is 6.60. The van der Waals surface area contributed by atoms with E-state index in [1.54, 1.807) is 18.2 Å². The number of hydrogen-bond donors (Lipinski definition) is 1. The molecule has 0 bridgehead atoms. The van der Waals surface area contributed by atoms with Crippen LogP contribution in [0.25, 0.3) is 0 Å². The molecule has 3 aromatic carbocycles. The van der Waals surface area contributed by atoms with Gasteiger partial charge in [0.15, 0.2) is 0 Å². The molecule has 0 unspecified atom stereocenters. The van der Waals surface area contributed by atoms with E-state index in [2.05, 4.69) is 0 Å². The number of aliphatic carboxylic acids is 1. The van der Waals surface area contributed by atoms with Crippen molar-refractivity contribution in [3.05, 3.63) is 98.5 Å². The topological polar surface area (TPSA) is 66.8 Å². The molecule has 1 atom stereocenters. The number of benzene rings is 3. The van der Waals surface area contributed by atoms with Gasteiger partial charge < -0.3 is 14.7 Å². The largest absolute Gasteiger partial charge is 0.487 e. The predicted octanol–water partition coefficient (Wildman–Crippen LogP) is 5.86. The van der Waals surface area contributed by atoms with E-state index < -0.39 is 35.7 Å². The van der Waals surface area contributed by atoms with E-state index in [-0.39, 0.29) is 23.0 Å². The lowest BCUT2D eigenvalue weighted by Gasteiger charge is -2.24. The fourth-order valence-electron chi connectivity index (χ4n) is 4.41.